The number of aromatic nitrogens is 2. The Morgan fingerprint density at radius 2 is 1.77 bits per heavy atom. The summed E-state index contributed by atoms with van der Waals surface area (Å²) in [6.07, 6.45) is 2.37. The van der Waals surface area contributed by atoms with Gasteiger partial charge < -0.3 is 15.1 Å². The summed E-state index contributed by atoms with van der Waals surface area (Å²) in [6.45, 7) is 7.66. The predicted molar refractivity (Wildman–Crippen MR) is 121 cm³/mol. The first-order valence-electron chi connectivity index (χ1n) is 10.5. The highest BCUT2D eigenvalue weighted by Crippen LogP contribution is 2.27. The molecule has 2 aromatic heterocycles. The van der Waals surface area contributed by atoms with Gasteiger partial charge in [-0.3, -0.25) is 4.79 Å². The van der Waals surface area contributed by atoms with Crippen LogP contribution in [-0.4, -0.2) is 67.9 Å². The van der Waals surface area contributed by atoms with E-state index in [2.05, 4.69) is 20.1 Å². The van der Waals surface area contributed by atoms with Crippen LogP contribution < -0.4 is 15.1 Å². The van der Waals surface area contributed by atoms with Gasteiger partial charge in [-0.25, -0.2) is 13.4 Å². The Morgan fingerprint density at radius 1 is 1.06 bits per heavy atom. The Hall–Kier alpha value is -2.24. The molecule has 168 valence electrons. The Kier molecular flexibility index (Phi) is 6.44. The Balaban J connectivity index is 1.42. The number of carbonyl (C=O) groups excluding carboxylic acids is 1. The Bertz CT molecular complexity index is 1040. The predicted octanol–water partition coefficient (Wildman–Crippen LogP) is 1.59. The van der Waals surface area contributed by atoms with Gasteiger partial charge >= 0.3 is 0 Å². The van der Waals surface area contributed by atoms with Gasteiger partial charge in [0, 0.05) is 62.8 Å². The number of aryl methyl sites for hydroxylation is 1. The fourth-order valence-electron chi connectivity index (χ4n) is 3.85. The van der Waals surface area contributed by atoms with Crippen LogP contribution in [0.2, 0.25) is 0 Å². The van der Waals surface area contributed by atoms with Crippen LogP contribution in [-0.2, 0) is 21.4 Å². The summed E-state index contributed by atoms with van der Waals surface area (Å²) >= 11 is 1.20. The molecule has 31 heavy (non-hydrogen) atoms. The van der Waals surface area contributed by atoms with Crippen LogP contribution >= 0.6 is 11.3 Å². The van der Waals surface area contributed by atoms with Gasteiger partial charge in [0.25, 0.3) is 10.0 Å². The van der Waals surface area contributed by atoms with Crippen LogP contribution in [0.25, 0.3) is 0 Å². The van der Waals surface area contributed by atoms with Crippen molar-refractivity contribution < 1.29 is 13.2 Å². The highest BCUT2D eigenvalue weighted by molar-refractivity contribution is 7.91. The summed E-state index contributed by atoms with van der Waals surface area (Å²) in [4.78, 5) is 25.6. The maximum absolute atomic E-state index is 13.1. The van der Waals surface area contributed by atoms with Crippen molar-refractivity contribution in [2.45, 2.75) is 37.4 Å². The second-order valence-corrected chi connectivity index (χ2v) is 11.2. The number of hydrogen-bond acceptors (Lipinski definition) is 8. The summed E-state index contributed by atoms with van der Waals surface area (Å²) in [5, 5.41) is 2.70. The molecule has 0 bridgehead atoms. The normalized spacial score (nSPS) is 17.9. The Labute approximate surface area is 187 Å². The SMILES string of the molecule is CC(=O)NCc1ccc(S(=O)(=O)N2CCN(c3nc(C)cc(N4CCCC4)n3)CC2)s1. The van der Waals surface area contributed by atoms with E-state index >= 15 is 0 Å². The number of nitrogens with one attached hydrogen (secondary N) is 1. The van der Waals surface area contributed by atoms with Crippen LogP contribution in [0.4, 0.5) is 11.8 Å². The van der Waals surface area contributed by atoms with Gasteiger partial charge in [0.1, 0.15) is 10.0 Å². The molecule has 0 aliphatic carbocycles. The lowest BCUT2D eigenvalue weighted by Crippen LogP contribution is -2.49. The molecule has 4 heterocycles. The second-order valence-electron chi connectivity index (χ2n) is 7.88. The molecule has 9 nitrogen and oxygen atoms in total. The highest BCUT2D eigenvalue weighted by atomic mass is 32.2. The van der Waals surface area contributed by atoms with E-state index in [0.29, 0.717) is 42.9 Å². The highest BCUT2D eigenvalue weighted by Gasteiger charge is 2.31. The van der Waals surface area contributed by atoms with E-state index in [0.717, 1.165) is 29.5 Å². The van der Waals surface area contributed by atoms with Crippen molar-refractivity contribution in [2.75, 3.05) is 49.1 Å². The molecule has 2 aliphatic heterocycles. The molecule has 0 unspecified atom stereocenters. The fourth-order valence-corrected chi connectivity index (χ4v) is 6.72. The average molecular weight is 465 g/mol. The molecule has 0 aromatic carbocycles. The van der Waals surface area contributed by atoms with Crippen LogP contribution in [0.1, 0.15) is 30.3 Å². The van der Waals surface area contributed by atoms with E-state index in [9.17, 15) is 13.2 Å². The van der Waals surface area contributed by atoms with Crippen molar-refractivity contribution in [3.05, 3.63) is 28.8 Å². The van der Waals surface area contributed by atoms with E-state index in [4.69, 9.17) is 4.98 Å². The molecule has 0 radical (unpaired) electrons. The molecule has 2 aromatic rings. The van der Waals surface area contributed by atoms with Gasteiger partial charge in [0.2, 0.25) is 11.9 Å². The molecule has 11 heteroatoms. The molecule has 1 amide bonds. The second kappa shape index (κ2) is 9.09. The molecule has 2 aliphatic rings. The molecule has 1 N–H and O–H groups in total. The lowest BCUT2D eigenvalue weighted by molar-refractivity contribution is -0.119. The molecule has 0 saturated carbocycles. The molecular formula is C20H28N6O3S2. The third-order valence-electron chi connectivity index (χ3n) is 5.52. The number of anilines is 2. The number of sulfonamides is 1. The van der Waals surface area contributed by atoms with Gasteiger partial charge in [-0.15, -0.1) is 11.3 Å². The summed E-state index contributed by atoms with van der Waals surface area (Å²) < 4.78 is 27.9. The first-order valence-corrected chi connectivity index (χ1v) is 12.8. The third-order valence-corrected chi connectivity index (χ3v) is 8.97. The maximum Gasteiger partial charge on any atom is 0.252 e. The van der Waals surface area contributed by atoms with Gasteiger partial charge in [-0.1, -0.05) is 0 Å². The lowest BCUT2D eigenvalue weighted by atomic mass is 10.3. The fraction of sp³-hybridized carbons (Fsp3) is 0.550. The van der Waals surface area contributed by atoms with E-state index in [1.165, 1.54) is 35.4 Å². The zero-order chi connectivity index (χ0) is 22.0. The molecule has 4 rings (SSSR count). The van der Waals surface area contributed by atoms with Crippen LogP contribution in [0.5, 0.6) is 0 Å². The summed E-state index contributed by atoms with van der Waals surface area (Å²) in [6, 6.07) is 5.39. The summed E-state index contributed by atoms with van der Waals surface area (Å²) in [7, 11) is -3.55. The van der Waals surface area contributed by atoms with Gasteiger partial charge in [-0.05, 0) is 31.9 Å². The smallest absolute Gasteiger partial charge is 0.252 e. The molecule has 0 spiro atoms. The quantitative estimate of drug-likeness (QED) is 0.693. The number of nitrogens with zero attached hydrogens (tertiary/aromatic N) is 5. The van der Waals surface area contributed by atoms with E-state index in [1.54, 1.807) is 12.1 Å². The summed E-state index contributed by atoms with van der Waals surface area (Å²) in [5.41, 5.74) is 0.923. The first kappa shape index (κ1) is 22.0. The van der Waals surface area contributed by atoms with Crippen LogP contribution in [0, 0.1) is 6.92 Å². The van der Waals surface area contributed by atoms with Crippen molar-refractivity contribution in [3.8, 4) is 0 Å². The molecular weight excluding hydrogens is 436 g/mol. The van der Waals surface area contributed by atoms with Crippen molar-refractivity contribution in [2.24, 2.45) is 0 Å². The van der Waals surface area contributed by atoms with Gasteiger partial charge in [0.05, 0.1) is 6.54 Å². The molecule has 2 saturated heterocycles. The number of piperazine rings is 1. The maximum atomic E-state index is 13.1. The van der Waals surface area contributed by atoms with Gasteiger partial charge in [-0.2, -0.15) is 9.29 Å². The van der Waals surface area contributed by atoms with Crippen molar-refractivity contribution >= 4 is 39.0 Å². The number of thiophene rings is 1. The van der Waals surface area contributed by atoms with Crippen molar-refractivity contribution in [1.82, 2.24) is 19.6 Å². The standard InChI is InChI=1S/C20H28N6O3S2/c1-15-13-18(24-7-3-4-8-24)23-20(22-15)25-9-11-26(12-10-25)31(28,29)19-6-5-17(30-19)14-21-16(2)27/h5-6,13H,3-4,7-12,14H2,1-2H3,(H,21,27). The van der Waals surface area contributed by atoms with Crippen LogP contribution in [0.3, 0.4) is 0 Å². The zero-order valence-electron chi connectivity index (χ0n) is 17.9. The number of hydrogen-bond donors (Lipinski definition) is 1. The van der Waals surface area contributed by atoms with Crippen molar-refractivity contribution in [3.63, 3.8) is 0 Å². The molecule has 2 fully saturated rings. The van der Waals surface area contributed by atoms with Crippen LogP contribution in [0.15, 0.2) is 22.4 Å². The Morgan fingerprint density at radius 3 is 2.45 bits per heavy atom. The first-order chi connectivity index (χ1) is 14.8. The van der Waals surface area contributed by atoms with Gasteiger partial charge in [0.15, 0.2) is 0 Å². The van der Waals surface area contributed by atoms with E-state index in [1.807, 2.05) is 13.0 Å². The number of rotatable bonds is 6. The summed E-state index contributed by atoms with van der Waals surface area (Å²) in [5.74, 6) is 1.49. The minimum atomic E-state index is -3.55. The minimum Gasteiger partial charge on any atom is -0.356 e. The minimum absolute atomic E-state index is 0.139. The van der Waals surface area contributed by atoms with E-state index < -0.39 is 10.0 Å². The third kappa shape index (κ3) is 4.99. The van der Waals surface area contributed by atoms with E-state index in [-0.39, 0.29) is 5.91 Å². The molecule has 0 atom stereocenters. The topological polar surface area (TPSA) is 98.7 Å². The number of amides is 1. The zero-order valence-corrected chi connectivity index (χ0v) is 19.5. The van der Waals surface area contributed by atoms with Crippen molar-refractivity contribution in [1.29, 1.82) is 0 Å². The largest absolute Gasteiger partial charge is 0.356 e. The number of carbonyl (C=O) groups is 1. The monoisotopic (exact) mass is 464 g/mol. The average Bonchev–Trinajstić information content (AvgIpc) is 3.44. The lowest BCUT2D eigenvalue weighted by Gasteiger charge is -2.34.